The molecule has 0 spiro atoms. The number of hydrogen-bond acceptors (Lipinski definition) is 6. The SMILES string of the molecule is Cc1cc(C)c(N(c2ccccc2)c2ccc3c(c2)Oc2cccc4c2c-3cc2c3ccccc3c(-c3ccc(N(c5ccccc5)c5ccccc5-c5ccccc5)cc3)cc42)c(C)c1.c1ccc(-c2ccccc2N(c2ccccc2)c2ccc(-c3cc4c5cccc6c5c(cc4c4ccccc34)-c3ccc(N(c4ccccc4)c4ccccc4-c4ccccc4)cc3O6)cc2)cc1. The first-order valence-corrected chi connectivity index (χ1v) is 46.3. The first-order chi connectivity index (χ1) is 66.7. The van der Waals surface area contributed by atoms with Gasteiger partial charge >= 0.3 is 0 Å². The summed E-state index contributed by atoms with van der Waals surface area (Å²) in [6.07, 6.45) is 0. The zero-order chi connectivity index (χ0) is 90.0. The van der Waals surface area contributed by atoms with Crippen LogP contribution in [0.4, 0.5) is 68.2 Å². The van der Waals surface area contributed by atoms with E-state index in [2.05, 4.69) is 532 Å². The number of hydrogen-bond donors (Lipinski definition) is 0. The first-order valence-electron chi connectivity index (χ1n) is 46.3. The molecule has 135 heavy (non-hydrogen) atoms. The van der Waals surface area contributed by atoms with Gasteiger partial charge in [0.1, 0.15) is 23.0 Å². The summed E-state index contributed by atoms with van der Waals surface area (Å²) in [5, 5.41) is 14.4. The predicted molar refractivity (Wildman–Crippen MR) is 569 cm³/mol. The quantitative estimate of drug-likeness (QED) is 0.0845. The second kappa shape index (κ2) is 34.4. The van der Waals surface area contributed by atoms with Crippen LogP contribution in [0.2, 0.25) is 0 Å². The first kappa shape index (κ1) is 80.7. The topological polar surface area (TPSA) is 31.4 Å². The van der Waals surface area contributed by atoms with Crippen molar-refractivity contribution in [2.24, 2.45) is 0 Å². The van der Waals surface area contributed by atoms with E-state index in [1.54, 1.807) is 0 Å². The maximum absolute atomic E-state index is 6.99. The highest BCUT2D eigenvalue weighted by Gasteiger charge is 2.31. The van der Waals surface area contributed by atoms with E-state index < -0.39 is 0 Å². The number of benzene rings is 23. The smallest absolute Gasteiger partial charge is 0.137 e. The summed E-state index contributed by atoms with van der Waals surface area (Å²) >= 11 is 0. The van der Waals surface area contributed by atoms with Crippen molar-refractivity contribution in [2.45, 2.75) is 20.8 Å². The average Bonchev–Trinajstić information content (AvgIpc) is 0.715. The minimum atomic E-state index is 0.835. The van der Waals surface area contributed by atoms with Crippen LogP contribution in [0.5, 0.6) is 23.0 Å². The molecule has 23 aromatic carbocycles. The number of anilines is 12. The molecule has 0 saturated heterocycles. The van der Waals surface area contributed by atoms with E-state index >= 15 is 0 Å². The average molecular weight is 1730 g/mol. The maximum atomic E-state index is 6.99. The highest BCUT2D eigenvalue weighted by molar-refractivity contribution is 6.27. The molecular formula is C129H90N4O2. The van der Waals surface area contributed by atoms with Crippen LogP contribution in [0.1, 0.15) is 16.7 Å². The van der Waals surface area contributed by atoms with E-state index in [-0.39, 0.29) is 0 Å². The van der Waals surface area contributed by atoms with E-state index in [1.165, 1.54) is 126 Å². The Morgan fingerprint density at radius 1 is 0.156 bits per heavy atom. The highest BCUT2D eigenvalue weighted by Crippen LogP contribution is 2.57. The van der Waals surface area contributed by atoms with E-state index in [9.17, 15) is 0 Å². The van der Waals surface area contributed by atoms with Crippen LogP contribution >= 0.6 is 0 Å². The summed E-state index contributed by atoms with van der Waals surface area (Å²) in [4.78, 5) is 9.44. The van der Waals surface area contributed by atoms with Crippen LogP contribution in [0.25, 0.3) is 143 Å². The second-order valence-corrected chi connectivity index (χ2v) is 35.1. The van der Waals surface area contributed by atoms with Gasteiger partial charge < -0.3 is 29.1 Å². The van der Waals surface area contributed by atoms with Gasteiger partial charge in [-0.25, -0.2) is 0 Å². The lowest BCUT2D eigenvalue weighted by Gasteiger charge is -2.30. The molecule has 0 N–H and O–H groups in total. The molecule has 23 aromatic rings. The molecule has 0 unspecified atom stereocenters. The van der Waals surface area contributed by atoms with Crippen molar-refractivity contribution in [1.29, 1.82) is 0 Å². The number of aryl methyl sites for hydroxylation is 3. The Morgan fingerprint density at radius 2 is 0.422 bits per heavy atom. The summed E-state index contributed by atoms with van der Waals surface area (Å²) in [7, 11) is 0. The summed E-state index contributed by atoms with van der Waals surface area (Å²) in [6.45, 7) is 6.58. The molecule has 0 bridgehead atoms. The number of fused-ring (bicyclic) bond motifs is 12. The third-order valence-electron chi connectivity index (χ3n) is 26.9. The lowest BCUT2D eigenvalue weighted by Crippen LogP contribution is -2.13. The van der Waals surface area contributed by atoms with Crippen molar-refractivity contribution in [3.8, 4) is 101 Å². The van der Waals surface area contributed by atoms with Gasteiger partial charge in [0.2, 0.25) is 0 Å². The van der Waals surface area contributed by atoms with Gasteiger partial charge in [0, 0.05) is 96.2 Å². The number of ether oxygens (including phenoxy) is 2. The summed E-state index contributed by atoms with van der Waals surface area (Å²) in [6, 6.07) is 177. The zero-order valence-electron chi connectivity index (χ0n) is 74.9. The Kier molecular flexibility index (Phi) is 20.5. The molecule has 0 radical (unpaired) electrons. The van der Waals surface area contributed by atoms with Crippen molar-refractivity contribution in [3.63, 3.8) is 0 Å². The van der Waals surface area contributed by atoms with Crippen molar-refractivity contribution in [1.82, 2.24) is 0 Å². The van der Waals surface area contributed by atoms with Gasteiger partial charge in [-0.05, 0) is 287 Å². The Hall–Kier alpha value is -17.6. The van der Waals surface area contributed by atoms with E-state index in [0.717, 1.165) is 124 Å². The van der Waals surface area contributed by atoms with Crippen LogP contribution < -0.4 is 29.1 Å². The van der Waals surface area contributed by atoms with Crippen molar-refractivity contribution < 1.29 is 9.47 Å². The molecular weight excluding hydrogens is 1640 g/mol. The van der Waals surface area contributed by atoms with Crippen molar-refractivity contribution in [2.75, 3.05) is 19.6 Å². The van der Waals surface area contributed by atoms with Crippen molar-refractivity contribution in [3.05, 3.63) is 508 Å². The molecule has 638 valence electrons. The molecule has 0 aliphatic carbocycles. The third-order valence-corrected chi connectivity index (χ3v) is 26.9. The van der Waals surface area contributed by atoms with Crippen LogP contribution in [-0.2, 0) is 0 Å². The third kappa shape index (κ3) is 14.6. The van der Waals surface area contributed by atoms with Gasteiger partial charge in [-0.1, -0.05) is 333 Å². The summed E-state index contributed by atoms with van der Waals surface area (Å²) < 4.78 is 13.9. The van der Waals surface area contributed by atoms with Crippen molar-refractivity contribution >= 4 is 133 Å². The molecule has 0 fully saturated rings. The normalized spacial score (nSPS) is 11.6. The predicted octanol–water partition coefficient (Wildman–Crippen LogP) is 37.0. The number of nitrogens with zero attached hydrogens (tertiary/aromatic N) is 4. The molecule has 2 aliphatic rings. The standard InChI is InChI=1S/C66H44N2O.C63H46N2O/c1-5-20-45(21-6-1)52-28-15-17-33-62(52)67(48-24-9-3-10-25-48)50-38-36-47(37-39-50)58-43-60-57-32-19-35-64-66(57)61(44-59(60)55-31-14-13-30-54(55)58)56-41-40-51(42-65(56)69-64)68(49-26-11-4-12-27-49)63-34-18-16-29-53(63)46-22-7-2-8-23-46;1-41-36-42(2)63(43(3)37-41)65(47-22-11-6-12-23-47)49-34-35-53-58-40-56-52-26-14-13-25-51(52)55(39-57(56)54-27-17-29-60(62(54)58)66-61(53)38-49)45-30-32-48(33-31-45)64(46-20-9-5-10-21-46)59-28-16-15-24-50(59)44-18-7-4-8-19-44/h1-44H;4-40H,1-3H3. The van der Waals surface area contributed by atoms with Gasteiger partial charge in [-0.3, -0.25) is 0 Å². The number of rotatable bonds is 17. The fourth-order valence-electron chi connectivity index (χ4n) is 21.0. The fraction of sp³-hybridized carbons (Fsp3) is 0.0233. The van der Waals surface area contributed by atoms with Crippen LogP contribution in [0.15, 0.2) is 491 Å². The lowest BCUT2D eigenvalue weighted by molar-refractivity contribution is 0.487. The lowest BCUT2D eigenvalue weighted by atomic mass is 9.86. The Morgan fingerprint density at radius 3 is 0.793 bits per heavy atom. The largest absolute Gasteiger partial charge is 0.456 e. The minimum Gasteiger partial charge on any atom is -0.456 e. The molecule has 2 heterocycles. The molecule has 25 rings (SSSR count). The van der Waals surface area contributed by atoms with Gasteiger partial charge in [0.25, 0.3) is 0 Å². The monoisotopic (exact) mass is 1730 g/mol. The summed E-state index contributed by atoms with van der Waals surface area (Å²) in [5.41, 5.74) is 33.2. The van der Waals surface area contributed by atoms with E-state index in [0.29, 0.717) is 0 Å². The van der Waals surface area contributed by atoms with Gasteiger partial charge in [0.15, 0.2) is 0 Å². The summed E-state index contributed by atoms with van der Waals surface area (Å²) in [5.74, 6) is 3.42. The van der Waals surface area contributed by atoms with Crippen LogP contribution in [0, 0.1) is 20.8 Å². The minimum absolute atomic E-state index is 0.835. The molecule has 0 atom stereocenters. The molecule has 0 aromatic heterocycles. The van der Waals surface area contributed by atoms with Gasteiger partial charge in [-0.2, -0.15) is 0 Å². The van der Waals surface area contributed by atoms with Crippen LogP contribution in [0.3, 0.4) is 0 Å². The molecule has 6 heteroatoms. The Labute approximate surface area is 786 Å². The number of para-hydroxylation sites is 7. The highest BCUT2D eigenvalue weighted by atomic mass is 16.5. The molecule has 0 amide bonds. The Balaban J connectivity index is 0.000000148. The van der Waals surface area contributed by atoms with Crippen LogP contribution in [-0.4, -0.2) is 0 Å². The zero-order valence-corrected chi connectivity index (χ0v) is 74.9. The van der Waals surface area contributed by atoms with E-state index in [4.69, 9.17) is 9.47 Å². The van der Waals surface area contributed by atoms with Gasteiger partial charge in [0.05, 0.1) is 22.7 Å². The molecule has 0 saturated carbocycles. The Bertz CT molecular complexity index is 8470. The van der Waals surface area contributed by atoms with Gasteiger partial charge in [-0.15, -0.1) is 0 Å². The molecule has 6 nitrogen and oxygen atoms in total. The van der Waals surface area contributed by atoms with E-state index in [1.807, 2.05) is 0 Å². The maximum Gasteiger partial charge on any atom is 0.137 e. The molecule has 2 aliphatic heterocycles. The second-order valence-electron chi connectivity index (χ2n) is 35.1. The fourth-order valence-corrected chi connectivity index (χ4v) is 21.0.